The monoisotopic (exact) mass is 427 g/mol. The number of carbonyl (C=O) groups is 4. The van der Waals surface area contributed by atoms with Crippen LogP contribution in [0.25, 0.3) is 11.3 Å². The maximum Gasteiger partial charge on any atom is 0.341 e. The average Bonchev–Trinajstić information content (AvgIpc) is 3.12. The van der Waals surface area contributed by atoms with Gasteiger partial charge in [0.1, 0.15) is 17.7 Å². The van der Waals surface area contributed by atoms with Crippen molar-refractivity contribution in [1.82, 2.24) is 9.88 Å². The summed E-state index contributed by atoms with van der Waals surface area (Å²) in [5, 5.41) is 11.7. The molecule has 31 heavy (non-hydrogen) atoms. The van der Waals surface area contributed by atoms with E-state index in [4.69, 9.17) is 9.84 Å². The number of amides is 2. The average molecular weight is 427 g/mol. The lowest BCUT2D eigenvalue weighted by Gasteiger charge is -2.21. The highest BCUT2D eigenvalue weighted by atomic mass is 16.5. The van der Waals surface area contributed by atoms with Crippen LogP contribution in [0.3, 0.4) is 0 Å². The Morgan fingerprint density at radius 2 is 1.77 bits per heavy atom. The molecule has 0 spiro atoms. The number of nitrogens with one attached hydrogen (secondary N) is 2. The molecule has 2 atom stereocenters. The Kier molecular flexibility index (Phi) is 6.19. The van der Waals surface area contributed by atoms with E-state index in [9.17, 15) is 24.0 Å². The lowest BCUT2D eigenvalue weighted by atomic mass is 10.1. The molecule has 1 saturated heterocycles. The Labute approximate surface area is 176 Å². The predicted molar refractivity (Wildman–Crippen MR) is 109 cm³/mol. The molecule has 0 aliphatic carbocycles. The number of nitrogens with zero attached hydrogens (tertiary/aromatic N) is 1. The van der Waals surface area contributed by atoms with Crippen molar-refractivity contribution in [2.75, 3.05) is 11.9 Å². The fraction of sp³-hybridized carbons (Fsp3) is 0.286. The van der Waals surface area contributed by atoms with Crippen molar-refractivity contribution in [2.45, 2.75) is 32.4 Å². The molecule has 3 rings (SSSR count). The van der Waals surface area contributed by atoms with E-state index in [1.165, 1.54) is 30.9 Å². The number of esters is 1. The van der Waals surface area contributed by atoms with E-state index in [-0.39, 0.29) is 24.4 Å². The summed E-state index contributed by atoms with van der Waals surface area (Å²) in [6.45, 7) is 2.78. The highest BCUT2D eigenvalue weighted by Crippen LogP contribution is 2.24. The van der Waals surface area contributed by atoms with Crippen molar-refractivity contribution in [3.05, 3.63) is 52.3 Å². The topological polar surface area (TPSA) is 146 Å². The number of aromatic nitrogens is 1. The van der Waals surface area contributed by atoms with Crippen LogP contribution in [-0.4, -0.2) is 57.4 Å². The second kappa shape index (κ2) is 8.82. The molecule has 162 valence electrons. The van der Waals surface area contributed by atoms with Gasteiger partial charge in [-0.2, -0.15) is 0 Å². The Balaban J connectivity index is 1.72. The predicted octanol–water partition coefficient (Wildman–Crippen LogP) is 1.23. The second-order valence-electron chi connectivity index (χ2n) is 7.14. The summed E-state index contributed by atoms with van der Waals surface area (Å²) in [6, 6.07) is 8.49. The molecule has 0 saturated carbocycles. The smallest absolute Gasteiger partial charge is 0.341 e. The van der Waals surface area contributed by atoms with Crippen LogP contribution < -0.4 is 10.9 Å². The lowest BCUT2D eigenvalue weighted by molar-refractivity contribution is -0.146. The number of aromatic carboxylic acids is 1. The van der Waals surface area contributed by atoms with Crippen LogP contribution in [0, 0.1) is 0 Å². The van der Waals surface area contributed by atoms with Gasteiger partial charge in [0, 0.05) is 31.6 Å². The maximum absolute atomic E-state index is 12.7. The summed E-state index contributed by atoms with van der Waals surface area (Å²) in [4.78, 5) is 62.4. The second-order valence-corrected chi connectivity index (χ2v) is 7.14. The Morgan fingerprint density at radius 3 is 2.32 bits per heavy atom. The van der Waals surface area contributed by atoms with E-state index in [0.717, 1.165) is 0 Å². The van der Waals surface area contributed by atoms with E-state index in [0.29, 0.717) is 16.9 Å². The van der Waals surface area contributed by atoms with Gasteiger partial charge in [0.2, 0.25) is 11.8 Å². The molecule has 10 heteroatoms. The maximum atomic E-state index is 12.7. The number of benzene rings is 1. The van der Waals surface area contributed by atoms with E-state index in [1.54, 1.807) is 24.3 Å². The number of rotatable bonds is 5. The number of H-pyrrole nitrogens is 1. The fourth-order valence-corrected chi connectivity index (χ4v) is 3.48. The van der Waals surface area contributed by atoms with E-state index < -0.39 is 35.6 Å². The van der Waals surface area contributed by atoms with Gasteiger partial charge in [0.25, 0.3) is 5.56 Å². The van der Waals surface area contributed by atoms with Gasteiger partial charge in [-0.05, 0) is 29.8 Å². The first-order valence-electron chi connectivity index (χ1n) is 9.48. The molecule has 10 nitrogen and oxygen atoms in total. The van der Waals surface area contributed by atoms with Crippen LogP contribution in [0.4, 0.5) is 5.69 Å². The summed E-state index contributed by atoms with van der Waals surface area (Å²) >= 11 is 0. The third kappa shape index (κ3) is 4.97. The number of hydrogen-bond acceptors (Lipinski definition) is 6. The van der Waals surface area contributed by atoms with Crippen molar-refractivity contribution < 1.29 is 29.0 Å². The summed E-state index contributed by atoms with van der Waals surface area (Å²) < 4.78 is 5.14. The quantitative estimate of drug-likeness (QED) is 0.608. The Morgan fingerprint density at radius 1 is 1.10 bits per heavy atom. The number of hydrogen-bond donors (Lipinski definition) is 3. The first-order chi connectivity index (χ1) is 14.7. The largest absolute Gasteiger partial charge is 0.477 e. The minimum absolute atomic E-state index is 0.158. The van der Waals surface area contributed by atoms with Gasteiger partial charge in [-0.15, -0.1) is 0 Å². The number of pyridine rings is 1. The normalized spacial score (nSPS) is 17.8. The van der Waals surface area contributed by atoms with Crippen LogP contribution in [0.5, 0.6) is 0 Å². The molecule has 2 amide bonds. The number of likely N-dealkylation sites (tertiary alicyclic amines) is 1. The van der Waals surface area contributed by atoms with Crippen LogP contribution in [0.1, 0.15) is 30.6 Å². The molecule has 0 radical (unpaired) electrons. The molecular formula is C21H21N3O7. The van der Waals surface area contributed by atoms with Gasteiger partial charge in [-0.3, -0.25) is 19.2 Å². The number of carboxylic acids is 1. The third-order valence-corrected chi connectivity index (χ3v) is 4.91. The van der Waals surface area contributed by atoms with Crippen LogP contribution in [-0.2, 0) is 19.1 Å². The highest BCUT2D eigenvalue weighted by molar-refractivity contribution is 5.97. The zero-order valence-electron chi connectivity index (χ0n) is 16.9. The first-order valence-corrected chi connectivity index (χ1v) is 9.48. The Bertz CT molecular complexity index is 1090. The van der Waals surface area contributed by atoms with Crippen LogP contribution in [0.15, 0.2) is 41.2 Å². The molecule has 1 aliphatic rings. The molecule has 2 heterocycles. The molecular weight excluding hydrogens is 406 g/mol. The number of carbonyl (C=O) groups excluding carboxylic acids is 3. The summed E-state index contributed by atoms with van der Waals surface area (Å²) in [7, 11) is 0. The van der Waals surface area contributed by atoms with Gasteiger partial charge < -0.3 is 25.0 Å². The summed E-state index contributed by atoms with van der Waals surface area (Å²) in [5.74, 6) is -2.48. The third-order valence-electron chi connectivity index (χ3n) is 4.91. The van der Waals surface area contributed by atoms with Crippen molar-refractivity contribution in [2.24, 2.45) is 0 Å². The molecule has 1 aromatic carbocycles. The summed E-state index contributed by atoms with van der Waals surface area (Å²) in [6.07, 6.45) is -0.328. The molecule has 1 aliphatic heterocycles. The SMILES string of the molecule is CC(=O)OC1C[C@@H](C(=O)Nc2ccc(-c3ccc(C(=O)O)c(=O)[nH]3)cc2)N(C(C)=O)C1. The number of aromatic amines is 1. The molecule has 1 fully saturated rings. The van der Waals surface area contributed by atoms with Gasteiger partial charge >= 0.3 is 11.9 Å². The van der Waals surface area contributed by atoms with Crippen LogP contribution in [0.2, 0.25) is 0 Å². The first kappa shape index (κ1) is 21.8. The lowest BCUT2D eigenvalue weighted by Crippen LogP contribution is -2.42. The van der Waals surface area contributed by atoms with Gasteiger partial charge in [0.05, 0.1) is 6.54 Å². The summed E-state index contributed by atoms with van der Waals surface area (Å²) in [5.41, 5.74) is 0.447. The molecule has 2 aromatic rings. The van der Waals surface area contributed by atoms with Crippen molar-refractivity contribution in [1.29, 1.82) is 0 Å². The minimum atomic E-state index is -1.31. The van der Waals surface area contributed by atoms with Crippen molar-refractivity contribution in [3.8, 4) is 11.3 Å². The van der Waals surface area contributed by atoms with Gasteiger partial charge in [0.15, 0.2) is 0 Å². The standard InChI is InChI=1S/C21H21N3O7/c1-11(25)24-10-15(31-12(2)26)9-18(24)20(28)22-14-5-3-13(4-6-14)17-8-7-16(21(29)30)19(27)23-17/h3-8,15,18H,9-10H2,1-2H3,(H,22,28)(H,23,27)(H,29,30)/t15?,18-/m0/s1. The zero-order chi connectivity index (χ0) is 22.7. The Hall–Kier alpha value is -3.95. The van der Waals surface area contributed by atoms with Gasteiger partial charge in [-0.25, -0.2) is 4.79 Å². The van der Waals surface area contributed by atoms with E-state index in [2.05, 4.69) is 10.3 Å². The van der Waals surface area contributed by atoms with Gasteiger partial charge in [-0.1, -0.05) is 12.1 Å². The minimum Gasteiger partial charge on any atom is -0.477 e. The van der Waals surface area contributed by atoms with E-state index in [1.807, 2.05) is 0 Å². The van der Waals surface area contributed by atoms with Crippen LogP contribution >= 0.6 is 0 Å². The molecule has 1 unspecified atom stereocenters. The van der Waals surface area contributed by atoms with E-state index >= 15 is 0 Å². The molecule has 1 aromatic heterocycles. The van der Waals surface area contributed by atoms with Crippen molar-refractivity contribution >= 4 is 29.4 Å². The zero-order valence-corrected chi connectivity index (χ0v) is 16.9. The number of carboxylic acid groups (broad SMARTS) is 1. The molecule has 0 bridgehead atoms. The highest BCUT2D eigenvalue weighted by Gasteiger charge is 2.39. The number of anilines is 1. The molecule has 3 N–H and O–H groups in total. The number of ether oxygens (including phenoxy) is 1. The van der Waals surface area contributed by atoms with Crippen molar-refractivity contribution in [3.63, 3.8) is 0 Å². The fourth-order valence-electron chi connectivity index (χ4n) is 3.48.